The van der Waals surface area contributed by atoms with E-state index in [0.29, 0.717) is 32.1 Å². The lowest BCUT2D eigenvalue weighted by molar-refractivity contribution is 0.0240. The summed E-state index contributed by atoms with van der Waals surface area (Å²) in [4.78, 5) is 20.3. The van der Waals surface area contributed by atoms with Crippen molar-refractivity contribution in [3.8, 4) is 0 Å². The first-order valence-corrected chi connectivity index (χ1v) is 7.62. The molecular weight excluding hydrogens is 284 g/mol. The molecule has 2 N–H and O–H groups in total. The summed E-state index contributed by atoms with van der Waals surface area (Å²) in [5.74, 6) is 1.49. The van der Waals surface area contributed by atoms with E-state index >= 15 is 0 Å². The third kappa shape index (κ3) is 4.09. The highest BCUT2D eigenvalue weighted by Gasteiger charge is 2.27. The van der Waals surface area contributed by atoms with Gasteiger partial charge in [0.2, 0.25) is 5.95 Å². The van der Waals surface area contributed by atoms with Gasteiger partial charge >= 0.3 is 6.09 Å². The first kappa shape index (κ1) is 16.5. The van der Waals surface area contributed by atoms with Crippen molar-refractivity contribution in [1.82, 2.24) is 25.4 Å². The Kier molecular flexibility index (Phi) is 4.90. The minimum atomic E-state index is -0.462. The van der Waals surface area contributed by atoms with Gasteiger partial charge in [-0.1, -0.05) is 0 Å². The second-order valence-corrected chi connectivity index (χ2v) is 6.49. The molecule has 0 radical (unpaired) electrons. The molecule has 1 saturated heterocycles. The predicted molar refractivity (Wildman–Crippen MR) is 83.9 cm³/mol. The highest BCUT2D eigenvalue weighted by Crippen LogP contribution is 2.16. The van der Waals surface area contributed by atoms with Crippen LogP contribution >= 0.6 is 0 Å². The van der Waals surface area contributed by atoms with Crippen LogP contribution in [0.2, 0.25) is 0 Å². The molecule has 1 aromatic rings. The van der Waals surface area contributed by atoms with E-state index in [9.17, 15) is 4.79 Å². The maximum Gasteiger partial charge on any atom is 0.410 e. The van der Waals surface area contributed by atoms with Gasteiger partial charge in [0.05, 0.1) is 6.04 Å². The molecule has 2 rings (SSSR count). The fourth-order valence-electron chi connectivity index (χ4n) is 2.15. The molecule has 124 valence electrons. The molecule has 0 saturated carbocycles. The molecule has 0 aromatic carbocycles. The standard InChI is InChI=1S/C14H26N6O2/c1-10(15-5)11-16-12(18-17-11)19-6-8-20(9-7-19)13(21)22-14(2,3)4/h10,15H,6-9H2,1-5H3,(H,16,17,18)/t10-/m1/s1. The summed E-state index contributed by atoms with van der Waals surface area (Å²) in [6.45, 7) is 10.3. The van der Waals surface area contributed by atoms with E-state index in [1.54, 1.807) is 4.90 Å². The number of nitrogens with one attached hydrogen (secondary N) is 2. The van der Waals surface area contributed by atoms with Crippen LogP contribution in [-0.2, 0) is 4.74 Å². The number of nitrogens with zero attached hydrogens (tertiary/aromatic N) is 4. The maximum atomic E-state index is 12.0. The molecular formula is C14H26N6O2. The summed E-state index contributed by atoms with van der Waals surface area (Å²) in [6, 6.07) is 0.129. The monoisotopic (exact) mass is 310 g/mol. The van der Waals surface area contributed by atoms with Gasteiger partial charge in [-0.15, -0.1) is 5.10 Å². The van der Waals surface area contributed by atoms with Crippen molar-refractivity contribution < 1.29 is 9.53 Å². The zero-order chi connectivity index (χ0) is 16.3. The Morgan fingerprint density at radius 1 is 1.32 bits per heavy atom. The number of amides is 1. The van der Waals surface area contributed by atoms with Crippen LogP contribution in [0.25, 0.3) is 0 Å². The summed E-state index contributed by atoms with van der Waals surface area (Å²) in [6.07, 6.45) is -0.258. The van der Waals surface area contributed by atoms with Crippen LogP contribution in [0, 0.1) is 0 Å². The Labute approximate surface area is 131 Å². The zero-order valence-corrected chi connectivity index (χ0v) is 14.0. The number of carbonyl (C=O) groups excluding carboxylic acids is 1. The lowest BCUT2D eigenvalue weighted by atomic mass is 10.2. The topological polar surface area (TPSA) is 86.4 Å². The molecule has 8 heteroatoms. The van der Waals surface area contributed by atoms with Crippen LogP contribution in [-0.4, -0.2) is 65.0 Å². The van der Waals surface area contributed by atoms with Crippen LogP contribution < -0.4 is 10.2 Å². The van der Waals surface area contributed by atoms with Crippen molar-refractivity contribution in [2.24, 2.45) is 0 Å². The summed E-state index contributed by atoms with van der Waals surface area (Å²) in [5.41, 5.74) is -0.462. The van der Waals surface area contributed by atoms with E-state index in [1.807, 2.05) is 34.7 Å². The number of ether oxygens (including phenoxy) is 1. The van der Waals surface area contributed by atoms with Crippen LogP contribution in [0.15, 0.2) is 0 Å². The molecule has 0 spiro atoms. The molecule has 8 nitrogen and oxygen atoms in total. The molecule has 1 aromatic heterocycles. The lowest BCUT2D eigenvalue weighted by Crippen LogP contribution is -2.50. The molecule has 1 atom stereocenters. The van der Waals surface area contributed by atoms with Gasteiger partial charge in [0, 0.05) is 26.2 Å². The van der Waals surface area contributed by atoms with Crippen LogP contribution in [0.3, 0.4) is 0 Å². The number of hydrogen-bond acceptors (Lipinski definition) is 6. The lowest BCUT2D eigenvalue weighted by Gasteiger charge is -2.35. The van der Waals surface area contributed by atoms with Gasteiger partial charge in [-0.2, -0.15) is 4.98 Å². The SMILES string of the molecule is CN[C@H](C)c1nc(N2CCN(C(=O)OC(C)(C)C)CC2)n[nH]1. The van der Waals surface area contributed by atoms with Gasteiger partial charge < -0.3 is 19.9 Å². The average molecular weight is 310 g/mol. The third-order valence-electron chi connectivity index (χ3n) is 3.55. The van der Waals surface area contributed by atoms with E-state index in [-0.39, 0.29) is 12.1 Å². The van der Waals surface area contributed by atoms with Crippen molar-refractivity contribution in [3.05, 3.63) is 5.82 Å². The molecule has 0 unspecified atom stereocenters. The number of anilines is 1. The fraction of sp³-hybridized carbons (Fsp3) is 0.786. The molecule has 0 bridgehead atoms. The first-order chi connectivity index (χ1) is 10.3. The highest BCUT2D eigenvalue weighted by atomic mass is 16.6. The third-order valence-corrected chi connectivity index (χ3v) is 3.55. The van der Waals surface area contributed by atoms with E-state index in [2.05, 4.69) is 25.4 Å². The van der Waals surface area contributed by atoms with Gasteiger partial charge in [0.15, 0.2) is 0 Å². The maximum absolute atomic E-state index is 12.0. The van der Waals surface area contributed by atoms with E-state index in [0.717, 1.165) is 5.82 Å². The first-order valence-electron chi connectivity index (χ1n) is 7.62. The van der Waals surface area contributed by atoms with Crippen molar-refractivity contribution >= 4 is 12.0 Å². The van der Waals surface area contributed by atoms with Crippen molar-refractivity contribution in [1.29, 1.82) is 0 Å². The van der Waals surface area contributed by atoms with Crippen molar-refractivity contribution in [2.45, 2.75) is 39.3 Å². The van der Waals surface area contributed by atoms with Gasteiger partial charge in [0.1, 0.15) is 11.4 Å². The summed E-state index contributed by atoms with van der Waals surface area (Å²) in [5, 5.41) is 10.3. The Morgan fingerprint density at radius 2 is 1.95 bits per heavy atom. The number of aromatic amines is 1. The second-order valence-electron chi connectivity index (χ2n) is 6.49. The number of H-pyrrole nitrogens is 1. The highest BCUT2D eigenvalue weighted by molar-refractivity contribution is 5.68. The zero-order valence-electron chi connectivity index (χ0n) is 14.0. The molecule has 1 aliphatic rings. The molecule has 2 heterocycles. The Hall–Kier alpha value is -1.83. The van der Waals surface area contributed by atoms with Crippen LogP contribution in [0.1, 0.15) is 39.6 Å². The molecule has 1 aliphatic heterocycles. The van der Waals surface area contributed by atoms with Crippen LogP contribution in [0.4, 0.5) is 10.7 Å². The molecule has 1 fully saturated rings. The Bertz CT molecular complexity index is 502. The Balaban J connectivity index is 1.89. The van der Waals surface area contributed by atoms with Crippen LogP contribution in [0.5, 0.6) is 0 Å². The van der Waals surface area contributed by atoms with Crippen molar-refractivity contribution in [3.63, 3.8) is 0 Å². The van der Waals surface area contributed by atoms with Gasteiger partial charge in [-0.3, -0.25) is 5.10 Å². The molecule has 22 heavy (non-hydrogen) atoms. The van der Waals surface area contributed by atoms with E-state index in [4.69, 9.17) is 4.74 Å². The minimum absolute atomic E-state index is 0.129. The number of carbonyl (C=O) groups is 1. The number of piperazine rings is 1. The quantitative estimate of drug-likeness (QED) is 0.871. The van der Waals surface area contributed by atoms with Gasteiger partial charge in [-0.05, 0) is 34.7 Å². The van der Waals surface area contributed by atoms with E-state index < -0.39 is 5.60 Å². The van der Waals surface area contributed by atoms with Gasteiger partial charge in [-0.25, -0.2) is 4.79 Å². The summed E-state index contributed by atoms with van der Waals surface area (Å²) >= 11 is 0. The van der Waals surface area contributed by atoms with E-state index in [1.165, 1.54) is 0 Å². The smallest absolute Gasteiger partial charge is 0.410 e. The number of aromatic nitrogens is 3. The minimum Gasteiger partial charge on any atom is -0.444 e. The molecule has 0 aliphatic carbocycles. The summed E-state index contributed by atoms with van der Waals surface area (Å²) in [7, 11) is 1.88. The normalized spacial score (nSPS) is 17.5. The molecule has 1 amide bonds. The van der Waals surface area contributed by atoms with Gasteiger partial charge in [0.25, 0.3) is 0 Å². The Morgan fingerprint density at radius 3 is 2.50 bits per heavy atom. The summed E-state index contributed by atoms with van der Waals surface area (Å²) < 4.78 is 5.39. The fourth-order valence-corrected chi connectivity index (χ4v) is 2.15. The number of hydrogen-bond donors (Lipinski definition) is 2. The average Bonchev–Trinajstić information content (AvgIpc) is 2.94. The number of rotatable bonds is 3. The largest absolute Gasteiger partial charge is 0.444 e. The predicted octanol–water partition coefficient (Wildman–Crippen LogP) is 1.14. The van der Waals surface area contributed by atoms with Crippen molar-refractivity contribution in [2.75, 3.05) is 38.1 Å². The second kappa shape index (κ2) is 6.51.